The first-order chi connectivity index (χ1) is 33.0. The van der Waals surface area contributed by atoms with Gasteiger partial charge in [-0.2, -0.15) is 0 Å². The van der Waals surface area contributed by atoms with Gasteiger partial charge in [0.15, 0.2) is 11.6 Å². The minimum absolute atomic E-state index is 0.165. The van der Waals surface area contributed by atoms with Crippen LogP contribution in [0.25, 0.3) is 10.8 Å². The zero-order valence-corrected chi connectivity index (χ0v) is 39.5. The molecule has 0 spiro atoms. The Hall–Kier alpha value is -7.81. The Kier molecular flexibility index (Phi) is 13.7. The normalized spacial score (nSPS) is 13.3. The summed E-state index contributed by atoms with van der Waals surface area (Å²) in [5, 5.41) is 36.2. The Morgan fingerprint density at radius 3 is 1.29 bits per heavy atom. The second kappa shape index (κ2) is 19.8. The van der Waals surface area contributed by atoms with Crippen LogP contribution in [0.3, 0.4) is 0 Å². The predicted molar refractivity (Wildman–Crippen MR) is 267 cm³/mol. The van der Waals surface area contributed by atoms with Crippen molar-refractivity contribution in [2.24, 2.45) is 0 Å². The first kappa shape index (κ1) is 47.7. The van der Waals surface area contributed by atoms with E-state index in [1.807, 2.05) is 62.9 Å². The molecule has 0 atom stereocenters. The summed E-state index contributed by atoms with van der Waals surface area (Å²) in [5.41, 5.74) is 14.7. The van der Waals surface area contributed by atoms with Crippen LogP contribution in [-0.2, 0) is 38.9 Å². The lowest BCUT2D eigenvalue weighted by atomic mass is 10.0. The molecule has 4 heterocycles. The minimum Gasteiger partial charge on any atom is -0.367 e. The van der Waals surface area contributed by atoms with Crippen LogP contribution in [0.4, 0.5) is 42.9 Å². The highest BCUT2D eigenvalue weighted by Crippen LogP contribution is 2.41. The van der Waals surface area contributed by atoms with Crippen LogP contribution in [0.15, 0.2) is 103 Å². The third kappa shape index (κ3) is 9.80. The summed E-state index contributed by atoms with van der Waals surface area (Å²) in [6.45, 7) is 15.5. The van der Waals surface area contributed by atoms with Crippen molar-refractivity contribution in [3.63, 3.8) is 0 Å². The number of rotatable bonds is 9. The summed E-state index contributed by atoms with van der Waals surface area (Å²) < 4.78 is 26.4. The number of pyridine rings is 1. The molecular formula is C54H53F2N7O6. The van der Waals surface area contributed by atoms with Crippen LogP contribution in [0.2, 0.25) is 0 Å². The van der Waals surface area contributed by atoms with E-state index in [0.717, 1.165) is 101 Å². The van der Waals surface area contributed by atoms with Gasteiger partial charge in [0.1, 0.15) is 0 Å². The first-order valence-electron chi connectivity index (χ1n) is 22.9. The van der Waals surface area contributed by atoms with Crippen molar-refractivity contribution < 1.29 is 23.6 Å². The Morgan fingerprint density at radius 2 is 0.870 bits per heavy atom. The smallest absolute Gasteiger partial charge is 0.275 e. The van der Waals surface area contributed by atoms with Crippen molar-refractivity contribution in [2.45, 2.75) is 80.4 Å². The lowest BCUT2D eigenvalue weighted by Gasteiger charge is -2.21. The number of anilines is 3. The second-order valence-corrected chi connectivity index (χ2v) is 18.1. The van der Waals surface area contributed by atoms with Crippen molar-refractivity contribution in [3.05, 3.63) is 212 Å². The van der Waals surface area contributed by atoms with Gasteiger partial charge >= 0.3 is 0 Å². The molecule has 3 aliphatic rings. The quantitative estimate of drug-likeness (QED) is 0.101. The number of aromatic nitrogens is 1. The minimum atomic E-state index is -0.863. The molecule has 69 heavy (non-hydrogen) atoms. The summed E-state index contributed by atoms with van der Waals surface area (Å²) in [6.07, 6.45) is 6.03. The molecule has 0 amide bonds. The van der Waals surface area contributed by atoms with Gasteiger partial charge in [-0.25, -0.2) is 8.78 Å². The van der Waals surface area contributed by atoms with Gasteiger partial charge in [-0.3, -0.25) is 35.3 Å². The third-order valence-corrected chi connectivity index (χ3v) is 13.7. The Bertz CT molecular complexity index is 3170. The van der Waals surface area contributed by atoms with Crippen molar-refractivity contribution in [1.29, 1.82) is 0 Å². The second-order valence-electron chi connectivity index (χ2n) is 18.1. The van der Waals surface area contributed by atoms with Gasteiger partial charge in [0, 0.05) is 102 Å². The number of halogens is 2. The molecule has 3 aliphatic heterocycles. The third-order valence-electron chi connectivity index (χ3n) is 13.7. The lowest BCUT2D eigenvalue weighted by molar-refractivity contribution is -0.386. The standard InChI is InChI=1S/C21H20N2O2.C17H16F2N2O2.C16H17N3O2/c1-14-11-20-19(15(2)21(14)23(24)25)9-10-22(20)13-16-7-8-17-5-3-4-6-18(17)12-16;1-10-7-16-13(11(2)17(10)21(22)23)5-6-20(16)9-12-3-4-14(18)15(19)8-12;1-11-9-15-14(12(2)16(11)19(20)21)5-8-18(15)10-13-3-6-17-7-4-13/h3-8,11-12H,9-10,13H2,1-2H3;3-4,7-8H,5-6,9H2,1-2H3;3-4,6-7,9H,5,8,10H2,1-2H3. The van der Waals surface area contributed by atoms with Gasteiger partial charge in [0.2, 0.25) is 0 Å². The number of fused-ring (bicyclic) bond motifs is 4. The largest absolute Gasteiger partial charge is 0.367 e. The summed E-state index contributed by atoms with van der Waals surface area (Å²) >= 11 is 0. The zero-order chi connectivity index (χ0) is 49.3. The van der Waals surface area contributed by atoms with Crippen molar-refractivity contribution >= 4 is 44.9 Å². The van der Waals surface area contributed by atoms with Gasteiger partial charge in [-0.15, -0.1) is 0 Å². The van der Waals surface area contributed by atoms with E-state index >= 15 is 0 Å². The molecule has 1 aromatic heterocycles. The average Bonchev–Trinajstić information content (AvgIpc) is 4.02. The SMILES string of the molecule is Cc1cc2c(c(C)c1[N+](=O)[O-])CCN2Cc1ccc(F)c(F)c1.Cc1cc2c(c(C)c1[N+](=O)[O-])CCN2Cc1ccc2ccccc2c1.Cc1cc2c(c(C)c1[N+](=O)[O-])CCN2Cc1ccncc1. The van der Waals surface area contributed by atoms with Crippen LogP contribution >= 0.6 is 0 Å². The highest BCUT2D eigenvalue weighted by atomic mass is 19.2. The van der Waals surface area contributed by atoms with Crippen LogP contribution < -0.4 is 14.7 Å². The van der Waals surface area contributed by atoms with E-state index in [9.17, 15) is 39.1 Å². The number of hydrogen-bond acceptors (Lipinski definition) is 10. The molecule has 0 saturated heterocycles. The van der Waals surface area contributed by atoms with E-state index in [1.54, 1.807) is 32.3 Å². The molecule has 13 nitrogen and oxygen atoms in total. The molecule has 0 N–H and O–H groups in total. The number of hydrogen-bond donors (Lipinski definition) is 0. The Labute approximate surface area is 399 Å². The number of benzene rings is 6. The fourth-order valence-corrected chi connectivity index (χ4v) is 10.3. The number of nitrogens with zero attached hydrogens (tertiary/aromatic N) is 7. The molecule has 0 unspecified atom stereocenters. The maximum absolute atomic E-state index is 13.4. The zero-order valence-electron chi connectivity index (χ0n) is 39.5. The number of aryl methyl sites for hydroxylation is 3. The molecule has 0 fully saturated rings. The van der Waals surface area contributed by atoms with E-state index < -0.39 is 11.6 Å². The van der Waals surface area contributed by atoms with Gasteiger partial charge in [-0.1, -0.05) is 42.5 Å². The molecule has 10 rings (SSSR count). The number of nitro groups is 3. The summed E-state index contributed by atoms with van der Waals surface area (Å²) in [5.74, 6) is -1.73. The van der Waals surface area contributed by atoms with Crippen molar-refractivity contribution in [2.75, 3.05) is 34.3 Å². The average molecular weight is 934 g/mol. The van der Waals surface area contributed by atoms with Crippen LogP contribution in [0.1, 0.15) is 66.8 Å². The predicted octanol–water partition coefficient (Wildman–Crippen LogP) is 12.1. The van der Waals surface area contributed by atoms with Gasteiger partial charge < -0.3 is 14.7 Å². The first-order valence-corrected chi connectivity index (χ1v) is 22.9. The molecule has 15 heteroatoms. The van der Waals surface area contributed by atoms with Crippen molar-refractivity contribution in [1.82, 2.24) is 4.98 Å². The van der Waals surface area contributed by atoms with E-state index in [2.05, 4.69) is 57.2 Å². The Morgan fingerprint density at radius 1 is 0.478 bits per heavy atom. The van der Waals surface area contributed by atoms with E-state index in [4.69, 9.17) is 0 Å². The topological polar surface area (TPSA) is 152 Å². The molecular weight excluding hydrogens is 881 g/mol. The van der Waals surface area contributed by atoms with Crippen molar-refractivity contribution in [3.8, 4) is 0 Å². The fraction of sp³-hybridized carbons (Fsp3) is 0.278. The van der Waals surface area contributed by atoms with Gasteiger partial charge in [0.05, 0.1) is 14.8 Å². The monoisotopic (exact) mass is 933 g/mol. The molecule has 0 aliphatic carbocycles. The molecule has 0 bridgehead atoms. The van der Waals surface area contributed by atoms with Gasteiger partial charge in [-0.05, 0) is 153 Å². The highest BCUT2D eigenvalue weighted by molar-refractivity contribution is 5.83. The van der Waals surface area contributed by atoms with E-state index in [-0.39, 0.29) is 31.8 Å². The summed E-state index contributed by atoms with van der Waals surface area (Å²) in [4.78, 5) is 43.6. The Balaban J connectivity index is 0.000000140. The van der Waals surface area contributed by atoms with Crippen LogP contribution in [0.5, 0.6) is 0 Å². The summed E-state index contributed by atoms with van der Waals surface area (Å²) in [6, 6.07) is 28.6. The van der Waals surface area contributed by atoms with Crippen LogP contribution in [-0.4, -0.2) is 39.4 Å². The van der Waals surface area contributed by atoms with E-state index in [0.29, 0.717) is 36.2 Å². The fourth-order valence-electron chi connectivity index (χ4n) is 10.3. The van der Waals surface area contributed by atoms with E-state index in [1.165, 1.54) is 28.0 Å². The van der Waals surface area contributed by atoms with Gasteiger partial charge in [0.25, 0.3) is 17.1 Å². The molecule has 7 aromatic rings. The maximum Gasteiger partial charge on any atom is 0.275 e. The molecule has 0 saturated carbocycles. The lowest BCUT2D eigenvalue weighted by Crippen LogP contribution is -2.20. The highest BCUT2D eigenvalue weighted by Gasteiger charge is 2.31. The molecule has 6 aromatic carbocycles. The van der Waals surface area contributed by atoms with Crippen LogP contribution in [0, 0.1) is 83.5 Å². The summed E-state index contributed by atoms with van der Waals surface area (Å²) in [7, 11) is 0. The molecule has 0 radical (unpaired) electrons. The number of nitro benzene ring substituents is 3. The molecule has 354 valence electrons. The maximum atomic E-state index is 13.4.